The van der Waals surface area contributed by atoms with E-state index in [1.54, 1.807) is 44.4 Å². The Hall–Kier alpha value is -3.65. The number of ether oxygens (including phenoxy) is 2. The van der Waals surface area contributed by atoms with Gasteiger partial charge in [0.15, 0.2) is 0 Å². The number of anilines is 1. The van der Waals surface area contributed by atoms with Crippen molar-refractivity contribution in [2.24, 2.45) is 0 Å². The number of carbonyl (C=O) groups is 3. The Bertz CT molecular complexity index is 1080. The van der Waals surface area contributed by atoms with Crippen LogP contribution < -0.4 is 15.4 Å². The van der Waals surface area contributed by atoms with E-state index in [-0.39, 0.29) is 31.4 Å². The Morgan fingerprint density at radius 3 is 2.38 bits per heavy atom. The van der Waals surface area contributed by atoms with Gasteiger partial charge in [0.2, 0.25) is 5.91 Å². The molecule has 3 rings (SSSR count). The van der Waals surface area contributed by atoms with Crippen molar-refractivity contribution in [2.45, 2.75) is 13.3 Å². The van der Waals surface area contributed by atoms with E-state index in [9.17, 15) is 14.4 Å². The van der Waals surface area contributed by atoms with E-state index in [1.807, 2.05) is 30.3 Å². The van der Waals surface area contributed by atoms with Crippen molar-refractivity contribution in [3.63, 3.8) is 0 Å². The summed E-state index contributed by atoms with van der Waals surface area (Å²) < 4.78 is 10.3. The fourth-order valence-electron chi connectivity index (χ4n) is 2.92. The predicted molar refractivity (Wildman–Crippen MR) is 124 cm³/mol. The summed E-state index contributed by atoms with van der Waals surface area (Å²) in [6.07, 6.45) is 0.0640. The van der Waals surface area contributed by atoms with Crippen molar-refractivity contribution in [1.82, 2.24) is 5.32 Å². The number of thiophene rings is 1. The highest BCUT2D eigenvalue weighted by Crippen LogP contribution is 2.36. The molecule has 0 atom stereocenters. The molecule has 32 heavy (non-hydrogen) atoms. The topological polar surface area (TPSA) is 93.7 Å². The van der Waals surface area contributed by atoms with Gasteiger partial charge in [-0.15, -0.1) is 11.3 Å². The monoisotopic (exact) mass is 452 g/mol. The molecule has 1 aromatic heterocycles. The maximum Gasteiger partial charge on any atom is 0.350 e. The summed E-state index contributed by atoms with van der Waals surface area (Å²) in [5, 5.41) is 5.49. The molecule has 0 aliphatic rings. The fraction of sp³-hybridized carbons (Fsp3) is 0.208. The molecule has 0 radical (unpaired) electrons. The first-order valence-electron chi connectivity index (χ1n) is 10.1. The van der Waals surface area contributed by atoms with Crippen LogP contribution in [0.3, 0.4) is 0 Å². The number of hydrogen-bond acceptors (Lipinski definition) is 6. The van der Waals surface area contributed by atoms with Crippen LogP contribution in [0.1, 0.15) is 33.4 Å². The lowest BCUT2D eigenvalue weighted by Gasteiger charge is -2.07. The van der Waals surface area contributed by atoms with Crippen LogP contribution in [-0.2, 0) is 9.53 Å². The van der Waals surface area contributed by atoms with Gasteiger partial charge in [-0.1, -0.05) is 18.2 Å². The zero-order valence-corrected chi connectivity index (χ0v) is 18.7. The molecule has 0 aliphatic carbocycles. The van der Waals surface area contributed by atoms with Gasteiger partial charge in [-0.3, -0.25) is 9.59 Å². The average molecular weight is 453 g/mol. The number of hydrogen-bond donors (Lipinski definition) is 2. The first kappa shape index (κ1) is 23.0. The number of benzene rings is 2. The summed E-state index contributed by atoms with van der Waals surface area (Å²) in [6.45, 7) is 2.13. The lowest BCUT2D eigenvalue weighted by molar-refractivity contribution is -0.116. The second kappa shape index (κ2) is 11.1. The smallest absolute Gasteiger partial charge is 0.350 e. The number of esters is 1. The molecule has 7 nitrogen and oxygen atoms in total. The van der Waals surface area contributed by atoms with Crippen LogP contribution in [0, 0.1) is 0 Å². The van der Waals surface area contributed by atoms with Gasteiger partial charge in [-0.05, 0) is 55.0 Å². The molecular weight excluding hydrogens is 428 g/mol. The average Bonchev–Trinajstić information content (AvgIpc) is 3.23. The van der Waals surface area contributed by atoms with Gasteiger partial charge in [0.05, 0.1) is 19.4 Å². The van der Waals surface area contributed by atoms with Gasteiger partial charge in [0, 0.05) is 23.4 Å². The summed E-state index contributed by atoms with van der Waals surface area (Å²) in [4.78, 5) is 38.1. The molecule has 3 aromatic rings. The van der Waals surface area contributed by atoms with Crippen molar-refractivity contribution in [1.29, 1.82) is 0 Å². The standard InChI is InChI=1S/C24H24N2O5S/c1-3-31-24(29)22-19(15-20(32-22)16-9-11-18(30-2)12-10-16)26-21(27)13-14-25-23(28)17-7-5-4-6-8-17/h4-12,15H,3,13-14H2,1-2H3,(H,25,28)(H,26,27). The van der Waals surface area contributed by atoms with E-state index in [0.29, 0.717) is 16.1 Å². The normalized spacial score (nSPS) is 10.3. The molecule has 8 heteroatoms. The van der Waals surface area contributed by atoms with Crippen LogP contribution >= 0.6 is 11.3 Å². The molecule has 1 heterocycles. The third kappa shape index (κ3) is 5.95. The molecule has 0 aliphatic heterocycles. The van der Waals surface area contributed by atoms with Crippen LogP contribution in [-0.4, -0.2) is 38.0 Å². The van der Waals surface area contributed by atoms with Gasteiger partial charge in [-0.25, -0.2) is 4.79 Å². The van der Waals surface area contributed by atoms with Gasteiger partial charge in [0.1, 0.15) is 10.6 Å². The van der Waals surface area contributed by atoms with Crippen LogP contribution in [0.2, 0.25) is 0 Å². The van der Waals surface area contributed by atoms with Crippen LogP contribution in [0.25, 0.3) is 10.4 Å². The van der Waals surface area contributed by atoms with Crippen molar-refractivity contribution < 1.29 is 23.9 Å². The lowest BCUT2D eigenvalue weighted by Crippen LogP contribution is -2.27. The van der Waals surface area contributed by atoms with E-state index in [0.717, 1.165) is 16.2 Å². The van der Waals surface area contributed by atoms with Crippen LogP contribution in [0.4, 0.5) is 5.69 Å². The second-order valence-corrected chi connectivity index (χ2v) is 7.77. The first-order chi connectivity index (χ1) is 15.5. The highest BCUT2D eigenvalue weighted by Gasteiger charge is 2.20. The maximum atomic E-state index is 12.5. The van der Waals surface area contributed by atoms with E-state index >= 15 is 0 Å². The summed E-state index contributed by atoms with van der Waals surface area (Å²) in [5.41, 5.74) is 1.80. The largest absolute Gasteiger partial charge is 0.497 e. The number of nitrogens with one attached hydrogen (secondary N) is 2. The van der Waals surface area contributed by atoms with E-state index in [4.69, 9.17) is 9.47 Å². The van der Waals surface area contributed by atoms with E-state index in [2.05, 4.69) is 10.6 Å². The molecule has 2 N–H and O–H groups in total. The van der Waals surface area contributed by atoms with Crippen molar-refractivity contribution in [3.05, 3.63) is 71.1 Å². The summed E-state index contributed by atoms with van der Waals surface area (Å²) in [6, 6.07) is 17.9. The zero-order valence-electron chi connectivity index (χ0n) is 17.8. The zero-order chi connectivity index (χ0) is 22.9. The summed E-state index contributed by atoms with van der Waals surface area (Å²) >= 11 is 1.24. The van der Waals surface area contributed by atoms with Crippen molar-refractivity contribution in [3.8, 4) is 16.2 Å². The minimum atomic E-state index is -0.495. The van der Waals surface area contributed by atoms with Gasteiger partial charge in [0.25, 0.3) is 5.91 Å². The Labute approximate surface area is 190 Å². The van der Waals surface area contributed by atoms with Gasteiger partial charge in [-0.2, -0.15) is 0 Å². The molecule has 2 aromatic carbocycles. The highest BCUT2D eigenvalue weighted by atomic mass is 32.1. The Morgan fingerprint density at radius 1 is 1.00 bits per heavy atom. The number of amides is 2. The quantitative estimate of drug-likeness (QED) is 0.471. The minimum absolute atomic E-state index is 0.0640. The molecule has 0 unspecified atom stereocenters. The Kier molecular flexibility index (Phi) is 7.99. The third-order valence-electron chi connectivity index (χ3n) is 4.52. The highest BCUT2D eigenvalue weighted by molar-refractivity contribution is 7.18. The maximum absolute atomic E-state index is 12.5. The summed E-state index contributed by atoms with van der Waals surface area (Å²) in [5.74, 6) is -0.335. The first-order valence-corrected chi connectivity index (χ1v) is 10.9. The van der Waals surface area contributed by atoms with Gasteiger partial charge >= 0.3 is 5.97 Å². The molecule has 0 bridgehead atoms. The van der Waals surface area contributed by atoms with Gasteiger partial charge < -0.3 is 20.1 Å². The molecule has 166 valence electrons. The van der Waals surface area contributed by atoms with Crippen LogP contribution in [0.5, 0.6) is 5.75 Å². The second-order valence-electron chi connectivity index (χ2n) is 6.72. The fourth-order valence-corrected chi connectivity index (χ4v) is 3.94. The predicted octanol–water partition coefficient (Wildman–Crippen LogP) is 4.36. The third-order valence-corrected chi connectivity index (χ3v) is 5.68. The summed E-state index contributed by atoms with van der Waals surface area (Å²) in [7, 11) is 1.59. The van der Waals surface area contributed by atoms with Crippen molar-refractivity contribution >= 4 is 34.8 Å². The molecule has 0 saturated heterocycles. The molecule has 0 fully saturated rings. The Balaban J connectivity index is 1.68. The molecule has 2 amide bonds. The number of carbonyl (C=O) groups excluding carboxylic acids is 3. The van der Waals surface area contributed by atoms with Crippen molar-refractivity contribution in [2.75, 3.05) is 25.6 Å². The number of methoxy groups -OCH3 is 1. The molecular formula is C24H24N2O5S. The van der Waals surface area contributed by atoms with E-state index < -0.39 is 5.97 Å². The molecule has 0 spiro atoms. The van der Waals surface area contributed by atoms with E-state index in [1.165, 1.54) is 11.3 Å². The number of rotatable bonds is 9. The van der Waals surface area contributed by atoms with Crippen LogP contribution in [0.15, 0.2) is 60.7 Å². The SMILES string of the molecule is CCOC(=O)c1sc(-c2ccc(OC)cc2)cc1NC(=O)CCNC(=O)c1ccccc1. The molecule has 0 saturated carbocycles. The minimum Gasteiger partial charge on any atom is -0.497 e. The Morgan fingerprint density at radius 2 is 1.72 bits per heavy atom. The lowest BCUT2D eigenvalue weighted by atomic mass is 10.2.